The highest BCUT2D eigenvalue weighted by Gasteiger charge is 2.17. The molecule has 0 aliphatic carbocycles. The van der Waals surface area contributed by atoms with E-state index in [9.17, 15) is 5.26 Å². The Labute approximate surface area is 149 Å². The van der Waals surface area contributed by atoms with Gasteiger partial charge in [0.25, 0.3) is 5.89 Å². The predicted molar refractivity (Wildman–Crippen MR) is 95.2 cm³/mol. The van der Waals surface area contributed by atoms with Crippen LogP contribution in [0, 0.1) is 11.3 Å². The molecule has 4 rings (SSSR count). The van der Waals surface area contributed by atoms with Crippen LogP contribution in [0.25, 0.3) is 34.3 Å². The molecule has 0 saturated heterocycles. The molecule has 126 valence electrons. The Morgan fingerprint density at radius 2 is 1.85 bits per heavy atom. The van der Waals surface area contributed by atoms with Gasteiger partial charge in [0.1, 0.15) is 0 Å². The van der Waals surface area contributed by atoms with E-state index in [2.05, 4.69) is 31.2 Å². The van der Waals surface area contributed by atoms with Gasteiger partial charge >= 0.3 is 0 Å². The van der Waals surface area contributed by atoms with E-state index in [1.165, 1.54) is 12.4 Å². The molecule has 8 nitrogen and oxygen atoms in total. The zero-order valence-electron chi connectivity index (χ0n) is 13.4. The average molecular weight is 343 g/mol. The molecular formula is C18H13N7O. The van der Waals surface area contributed by atoms with Crippen molar-refractivity contribution in [1.82, 2.24) is 25.1 Å². The molecule has 0 atom stereocenters. The van der Waals surface area contributed by atoms with Gasteiger partial charge in [0, 0.05) is 24.9 Å². The largest absolute Gasteiger partial charge is 0.414 e. The number of hydrogen-bond acceptors (Lipinski definition) is 8. The van der Waals surface area contributed by atoms with Gasteiger partial charge in [0.15, 0.2) is 11.5 Å². The molecule has 0 spiro atoms. The van der Waals surface area contributed by atoms with Crippen molar-refractivity contribution in [2.45, 2.75) is 0 Å². The van der Waals surface area contributed by atoms with Crippen LogP contribution in [0.4, 0.5) is 5.82 Å². The third-order valence-electron chi connectivity index (χ3n) is 3.67. The van der Waals surface area contributed by atoms with Crippen LogP contribution in [0.15, 0.2) is 59.4 Å². The molecule has 0 aliphatic rings. The Balaban J connectivity index is 0.00000210. The van der Waals surface area contributed by atoms with Gasteiger partial charge in [-0.25, -0.2) is 9.97 Å². The first-order valence-corrected chi connectivity index (χ1v) is 7.62. The smallest absolute Gasteiger partial charge is 0.270 e. The number of hydrogen-bond donors (Lipinski definition) is 1. The molecule has 4 aromatic rings. The third kappa shape index (κ3) is 2.74. The van der Waals surface area contributed by atoms with Crippen molar-refractivity contribution in [2.24, 2.45) is 0 Å². The van der Waals surface area contributed by atoms with E-state index >= 15 is 0 Å². The molecule has 1 aromatic carbocycles. The Morgan fingerprint density at radius 3 is 2.65 bits per heavy atom. The Bertz CT molecular complexity index is 1120. The second-order valence-electron chi connectivity index (χ2n) is 5.30. The fourth-order valence-electron chi connectivity index (χ4n) is 2.40. The SMILES string of the molecule is N#Cc1ccncc1-c1cnc(N)c(-c2nnc(-c3ccccc3)o2)n1.[HH]. The summed E-state index contributed by atoms with van der Waals surface area (Å²) in [5, 5.41) is 17.3. The Kier molecular flexibility index (Phi) is 3.80. The second-order valence-corrected chi connectivity index (χ2v) is 5.30. The summed E-state index contributed by atoms with van der Waals surface area (Å²) in [6, 6.07) is 13.1. The molecule has 0 radical (unpaired) electrons. The highest BCUT2D eigenvalue weighted by atomic mass is 16.4. The van der Waals surface area contributed by atoms with E-state index in [-0.39, 0.29) is 18.8 Å². The summed E-state index contributed by atoms with van der Waals surface area (Å²) in [6.45, 7) is 0. The first kappa shape index (κ1) is 15.4. The lowest BCUT2D eigenvalue weighted by Crippen LogP contribution is -2.00. The van der Waals surface area contributed by atoms with Crippen molar-refractivity contribution < 1.29 is 5.84 Å². The minimum absolute atomic E-state index is 0. The maximum absolute atomic E-state index is 9.26. The number of benzene rings is 1. The van der Waals surface area contributed by atoms with Gasteiger partial charge in [-0.1, -0.05) is 18.2 Å². The van der Waals surface area contributed by atoms with Gasteiger partial charge in [-0.3, -0.25) is 4.98 Å². The lowest BCUT2D eigenvalue weighted by atomic mass is 10.1. The summed E-state index contributed by atoms with van der Waals surface area (Å²) in [7, 11) is 0. The molecule has 0 saturated carbocycles. The summed E-state index contributed by atoms with van der Waals surface area (Å²) in [4.78, 5) is 12.6. The topological polar surface area (TPSA) is 127 Å². The summed E-state index contributed by atoms with van der Waals surface area (Å²) in [5.74, 6) is 0.656. The van der Waals surface area contributed by atoms with E-state index in [0.29, 0.717) is 22.7 Å². The van der Waals surface area contributed by atoms with E-state index in [4.69, 9.17) is 10.2 Å². The number of nitrogens with zero attached hydrogens (tertiary/aromatic N) is 6. The number of nitrogens with two attached hydrogens (primary N) is 1. The minimum atomic E-state index is 0. The fourth-order valence-corrected chi connectivity index (χ4v) is 2.40. The lowest BCUT2D eigenvalue weighted by molar-refractivity contribution is 0.582. The molecule has 26 heavy (non-hydrogen) atoms. The summed E-state index contributed by atoms with van der Waals surface area (Å²) in [5.41, 5.74) is 8.40. The highest BCUT2D eigenvalue weighted by molar-refractivity contribution is 5.71. The van der Waals surface area contributed by atoms with Crippen LogP contribution in [0.3, 0.4) is 0 Å². The van der Waals surface area contributed by atoms with Crippen molar-refractivity contribution in [3.05, 3.63) is 60.6 Å². The highest BCUT2D eigenvalue weighted by Crippen LogP contribution is 2.28. The van der Waals surface area contributed by atoms with Gasteiger partial charge in [-0.2, -0.15) is 5.26 Å². The Morgan fingerprint density at radius 1 is 1.04 bits per heavy atom. The number of nitrogen functional groups attached to an aromatic ring is 1. The van der Waals surface area contributed by atoms with Gasteiger partial charge in [0.05, 0.1) is 23.5 Å². The third-order valence-corrected chi connectivity index (χ3v) is 3.67. The number of pyridine rings is 1. The molecular weight excluding hydrogens is 330 g/mol. The normalized spacial score (nSPS) is 10.4. The van der Waals surface area contributed by atoms with Crippen molar-refractivity contribution >= 4 is 5.82 Å². The van der Waals surface area contributed by atoms with Crippen molar-refractivity contribution in [3.63, 3.8) is 0 Å². The van der Waals surface area contributed by atoms with Crippen LogP contribution >= 0.6 is 0 Å². The average Bonchev–Trinajstić information content (AvgIpc) is 3.19. The van der Waals surface area contributed by atoms with Crippen molar-refractivity contribution in [1.29, 1.82) is 5.26 Å². The zero-order chi connectivity index (χ0) is 17.9. The van der Waals surface area contributed by atoms with Crippen LogP contribution in [0.2, 0.25) is 0 Å². The lowest BCUT2D eigenvalue weighted by Gasteiger charge is -2.05. The van der Waals surface area contributed by atoms with Gasteiger partial charge in [-0.15, -0.1) is 10.2 Å². The molecule has 0 aliphatic heterocycles. The fraction of sp³-hybridized carbons (Fsp3) is 0. The number of nitriles is 1. The van der Waals surface area contributed by atoms with E-state index in [0.717, 1.165) is 5.56 Å². The van der Waals surface area contributed by atoms with E-state index in [1.807, 2.05) is 30.3 Å². The van der Waals surface area contributed by atoms with Gasteiger partial charge in [-0.05, 0) is 18.2 Å². The molecule has 0 unspecified atom stereocenters. The van der Waals surface area contributed by atoms with Crippen molar-refractivity contribution in [3.8, 4) is 40.4 Å². The van der Waals surface area contributed by atoms with Crippen LogP contribution in [-0.4, -0.2) is 25.1 Å². The van der Waals surface area contributed by atoms with Crippen LogP contribution in [-0.2, 0) is 0 Å². The molecule has 2 N–H and O–H groups in total. The standard InChI is InChI=1S/C18H11N7O.H2/c19-8-12-6-7-21-9-13(12)14-10-22-16(20)15(23-14)18-25-24-17(26-18)11-4-2-1-3-5-11;/h1-7,9-10H,(H2,20,22);1H. The molecule has 3 aromatic heterocycles. The molecule has 0 fully saturated rings. The number of aromatic nitrogens is 5. The zero-order valence-corrected chi connectivity index (χ0v) is 13.4. The van der Waals surface area contributed by atoms with Crippen LogP contribution in [0.5, 0.6) is 0 Å². The van der Waals surface area contributed by atoms with Crippen LogP contribution in [0.1, 0.15) is 6.99 Å². The van der Waals surface area contributed by atoms with Gasteiger partial charge < -0.3 is 10.2 Å². The first-order chi connectivity index (χ1) is 12.8. The van der Waals surface area contributed by atoms with Crippen LogP contribution < -0.4 is 5.73 Å². The quantitative estimate of drug-likeness (QED) is 0.601. The Hall–Kier alpha value is -4.12. The molecule has 0 amide bonds. The summed E-state index contributed by atoms with van der Waals surface area (Å²) in [6.07, 6.45) is 4.56. The molecule has 0 bridgehead atoms. The van der Waals surface area contributed by atoms with Gasteiger partial charge in [0.2, 0.25) is 5.89 Å². The summed E-state index contributed by atoms with van der Waals surface area (Å²) >= 11 is 0. The monoisotopic (exact) mass is 343 g/mol. The molecule has 8 heteroatoms. The molecule has 3 heterocycles. The maximum Gasteiger partial charge on any atom is 0.270 e. The number of anilines is 1. The summed E-state index contributed by atoms with van der Waals surface area (Å²) < 4.78 is 5.70. The minimum Gasteiger partial charge on any atom is -0.414 e. The first-order valence-electron chi connectivity index (χ1n) is 7.62. The van der Waals surface area contributed by atoms with Crippen molar-refractivity contribution in [2.75, 3.05) is 5.73 Å². The predicted octanol–water partition coefficient (Wildman–Crippen LogP) is 2.96. The van der Waals surface area contributed by atoms with E-state index < -0.39 is 0 Å². The maximum atomic E-state index is 9.26. The van der Waals surface area contributed by atoms with E-state index in [1.54, 1.807) is 12.3 Å². The second kappa shape index (κ2) is 6.41. The number of rotatable bonds is 3.